The first-order chi connectivity index (χ1) is 11.7. The van der Waals surface area contributed by atoms with E-state index in [4.69, 9.17) is 11.6 Å². The molecule has 0 saturated carbocycles. The summed E-state index contributed by atoms with van der Waals surface area (Å²) < 4.78 is 0. The zero-order valence-electron chi connectivity index (χ0n) is 13.0. The number of fused-ring (bicyclic) bond motifs is 1. The molecular weight excluding hydrogens is 318 g/mol. The van der Waals surface area contributed by atoms with Crippen LogP contribution in [-0.4, -0.2) is 5.91 Å². The van der Waals surface area contributed by atoms with Crippen molar-refractivity contribution >= 4 is 23.2 Å². The van der Waals surface area contributed by atoms with E-state index in [1.165, 1.54) is 0 Å². The summed E-state index contributed by atoms with van der Waals surface area (Å²) in [5.41, 5.74) is 3.16. The Bertz CT molecular complexity index is 892. The molecule has 3 aromatic carbocycles. The molecule has 1 aliphatic heterocycles. The Kier molecular flexibility index (Phi) is 3.62. The first kappa shape index (κ1) is 15.0. The summed E-state index contributed by atoms with van der Waals surface area (Å²) in [4.78, 5) is 13.1. The lowest BCUT2D eigenvalue weighted by Crippen LogP contribution is -2.38. The summed E-state index contributed by atoms with van der Waals surface area (Å²) >= 11 is 6.12. The maximum absolute atomic E-state index is 13.1. The lowest BCUT2D eigenvalue weighted by Gasteiger charge is -2.28. The minimum Gasteiger partial charge on any atom is -0.325 e. The van der Waals surface area contributed by atoms with Gasteiger partial charge in [-0.1, -0.05) is 78.3 Å². The standard InChI is InChI=1S/C21H16ClNO/c22-17-11-12-18-19(13-17)23-20(24)21(18,16-9-5-2-6-10-16)14-15-7-3-1-4-8-15/h1-13H,14H2,(H,23,24)/t21-/m1/s1. The van der Waals surface area contributed by atoms with Crippen LogP contribution in [0.3, 0.4) is 0 Å². The molecule has 1 aliphatic rings. The second kappa shape index (κ2) is 5.81. The van der Waals surface area contributed by atoms with Crippen molar-refractivity contribution in [1.82, 2.24) is 0 Å². The van der Waals surface area contributed by atoms with E-state index >= 15 is 0 Å². The van der Waals surface area contributed by atoms with E-state index in [1.807, 2.05) is 66.7 Å². The second-order valence-corrected chi connectivity index (χ2v) is 6.51. The summed E-state index contributed by atoms with van der Waals surface area (Å²) in [6.45, 7) is 0. The van der Waals surface area contributed by atoms with Gasteiger partial charge < -0.3 is 5.32 Å². The molecule has 24 heavy (non-hydrogen) atoms. The number of benzene rings is 3. The van der Waals surface area contributed by atoms with Crippen LogP contribution < -0.4 is 5.32 Å². The summed E-state index contributed by atoms with van der Waals surface area (Å²) in [5, 5.41) is 3.65. The van der Waals surface area contributed by atoms with Crippen LogP contribution in [0.4, 0.5) is 5.69 Å². The van der Waals surface area contributed by atoms with Gasteiger partial charge in [-0.05, 0) is 35.2 Å². The van der Waals surface area contributed by atoms with Crippen molar-refractivity contribution in [2.24, 2.45) is 0 Å². The SMILES string of the molecule is O=C1Nc2cc(Cl)ccc2[C@@]1(Cc1ccccc1)c1ccccc1. The number of carbonyl (C=O) groups excluding carboxylic acids is 1. The zero-order chi connectivity index (χ0) is 16.6. The van der Waals surface area contributed by atoms with Crippen LogP contribution >= 0.6 is 11.6 Å². The third kappa shape index (κ3) is 2.31. The van der Waals surface area contributed by atoms with E-state index in [2.05, 4.69) is 17.4 Å². The Labute approximate surface area is 146 Å². The minimum atomic E-state index is -0.734. The number of rotatable bonds is 3. The summed E-state index contributed by atoms with van der Waals surface area (Å²) in [7, 11) is 0. The molecule has 0 fully saturated rings. The van der Waals surface area contributed by atoms with Crippen LogP contribution in [0.2, 0.25) is 5.02 Å². The van der Waals surface area contributed by atoms with Crippen molar-refractivity contribution in [2.45, 2.75) is 11.8 Å². The molecule has 3 heteroatoms. The Balaban J connectivity index is 1.94. The minimum absolute atomic E-state index is 0.00480. The maximum atomic E-state index is 13.1. The van der Waals surface area contributed by atoms with Crippen molar-refractivity contribution in [3.63, 3.8) is 0 Å². The highest BCUT2D eigenvalue weighted by molar-refractivity contribution is 6.31. The molecule has 2 nitrogen and oxygen atoms in total. The van der Waals surface area contributed by atoms with Gasteiger partial charge in [0.2, 0.25) is 5.91 Å². The molecule has 4 rings (SSSR count). The van der Waals surface area contributed by atoms with E-state index in [0.717, 1.165) is 22.4 Å². The fraction of sp³-hybridized carbons (Fsp3) is 0.0952. The summed E-state index contributed by atoms with van der Waals surface area (Å²) in [6, 6.07) is 25.7. The number of hydrogen-bond donors (Lipinski definition) is 1. The molecule has 1 N–H and O–H groups in total. The topological polar surface area (TPSA) is 29.1 Å². The zero-order valence-corrected chi connectivity index (χ0v) is 13.8. The molecular formula is C21H16ClNO. The highest BCUT2D eigenvalue weighted by Gasteiger charge is 2.48. The van der Waals surface area contributed by atoms with Gasteiger partial charge in [-0.2, -0.15) is 0 Å². The molecule has 0 aromatic heterocycles. The van der Waals surface area contributed by atoms with E-state index in [0.29, 0.717) is 11.4 Å². The molecule has 1 heterocycles. The van der Waals surface area contributed by atoms with Crippen LogP contribution in [0.1, 0.15) is 16.7 Å². The van der Waals surface area contributed by atoms with Crippen molar-refractivity contribution in [3.05, 3.63) is 101 Å². The predicted molar refractivity (Wildman–Crippen MR) is 97.4 cm³/mol. The first-order valence-electron chi connectivity index (χ1n) is 7.91. The average Bonchev–Trinajstić information content (AvgIpc) is 2.88. The van der Waals surface area contributed by atoms with Crippen LogP contribution in [0.15, 0.2) is 78.9 Å². The Morgan fingerprint density at radius 2 is 1.54 bits per heavy atom. The van der Waals surface area contributed by atoms with Crippen LogP contribution in [0.25, 0.3) is 0 Å². The first-order valence-corrected chi connectivity index (χ1v) is 8.29. The molecule has 1 amide bonds. The third-order valence-electron chi connectivity index (χ3n) is 4.66. The number of hydrogen-bond acceptors (Lipinski definition) is 1. The monoisotopic (exact) mass is 333 g/mol. The molecule has 3 aromatic rings. The third-order valence-corrected chi connectivity index (χ3v) is 4.89. The number of halogens is 1. The molecule has 0 saturated heterocycles. The number of carbonyl (C=O) groups is 1. The van der Waals surface area contributed by atoms with Gasteiger partial charge in [0.05, 0.1) is 0 Å². The number of nitrogens with one attached hydrogen (secondary N) is 1. The van der Waals surface area contributed by atoms with Gasteiger partial charge in [0, 0.05) is 10.7 Å². The van der Waals surface area contributed by atoms with E-state index in [-0.39, 0.29) is 5.91 Å². The molecule has 0 radical (unpaired) electrons. The molecule has 118 valence electrons. The molecule has 0 bridgehead atoms. The maximum Gasteiger partial charge on any atom is 0.239 e. The summed E-state index contributed by atoms with van der Waals surface area (Å²) in [5.74, 6) is -0.00480. The van der Waals surface area contributed by atoms with Gasteiger partial charge in [0.25, 0.3) is 0 Å². The highest BCUT2D eigenvalue weighted by Crippen LogP contribution is 2.45. The van der Waals surface area contributed by atoms with Crippen molar-refractivity contribution in [1.29, 1.82) is 0 Å². The normalized spacial score (nSPS) is 19.0. The Morgan fingerprint density at radius 3 is 2.25 bits per heavy atom. The summed E-state index contributed by atoms with van der Waals surface area (Å²) in [6.07, 6.45) is 0.609. The van der Waals surface area contributed by atoms with Gasteiger partial charge >= 0.3 is 0 Å². The van der Waals surface area contributed by atoms with Gasteiger partial charge in [-0.25, -0.2) is 0 Å². The van der Waals surface area contributed by atoms with Crippen molar-refractivity contribution in [3.8, 4) is 0 Å². The smallest absolute Gasteiger partial charge is 0.239 e. The van der Waals surface area contributed by atoms with E-state index < -0.39 is 5.41 Å². The second-order valence-electron chi connectivity index (χ2n) is 6.08. The molecule has 0 aliphatic carbocycles. The molecule has 0 spiro atoms. The largest absolute Gasteiger partial charge is 0.325 e. The molecule has 0 unspecified atom stereocenters. The fourth-order valence-electron chi connectivity index (χ4n) is 3.53. The lowest BCUT2D eigenvalue weighted by molar-refractivity contribution is -0.119. The predicted octanol–water partition coefficient (Wildman–Crippen LogP) is 4.82. The van der Waals surface area contributed by atoms with Gasteiger partial charge in [-0.15, -0.1) is 0 Å². The Morgan fingerprint density at radius 1 is 0.875 bits per heavy atom. The van der Waals surface area contributed by atoms with Crippen molar-refractivity contribution in [2.75, 3.05) is 5.32 Å². The Hall–Kier alpha value is -2.58. The van der Waals surface area contributed by atoms with Crippen LogP contribution in [0, 0.1) is 0 Å². The quantitative estimate of drug-likeness (QED) is 0.731. The van der Waals surface area contributed by atoms with Crippen LogP contribution in [-0.2, 0) is 16.6 Å². The fourth-order valence-corrected chi connectivity index (χ4v) is 3.70. The van der Waals surface area contributed by atoms with E-state index in [1.54, 1.807) is 0 Å². The van der Waals surface area contributed by atoms with E-state index in [9.17, 15) is 4.79 Å². The molecule has 1 atom stereocenters. The average molecular weight is 334 g/mol. The number of amides is 1. The number of anilines is 1. The van der Waals surface area contributed by atoms with Gasteiger partial charge in [0.15, 0.2) is 0 Å². The highest BCUT2D eigenvalue weighted by atomic mass is 35.5. The van der Waals surface area contributed by atoms with Crippen LogP contribution in [0.5, 0.6) is 0 Å². The van der Waals surface area contributed by atoms with Crippen molar-refractivity contribution < 1.29 is 4.79 Å². The van der Waals surface area contributed by atoms with Gasteiger partial charge in [0.1, 0.15) is 5.41 Å². The lowest BCUT2D eigenvalue weighted by atomic mass is 9.71. The van der Waals surface area contributed by atoms with Gasteiger partial charge in [-0.3, -0.25) is 4.79 Å².